The number of ether oxygens (including phenoxy) is 2. The minimum Gasteiger partial charge on any atom is -0.507 e. The molecule has 1 N–H and O–H groups in total. The predicted octanol–water partition coefficient (Wildman–Crippen LogP) is 7.92. The van der Waals surface area contributed by atoms with Crippen LogP contribution in [0, 0.1) is 22.7 Å². The van der Waals surface area contributed by atoms with Crippen molar-refractivity contribution in [1.29, 1.82) is 0 Å². The van der Waals surface area contributed by atoms with Crippen molar-refractivity contribution >= 4 is 5.97 Å². The van der Waals surface area contributed by atoms with Gasteiger partial charge < -0.3 is 14.6 Å². The zero-order chi connectivity index (χ0) is 26.2. The van der Waals surface area contributed by atoms with Crippen LogP contribution in [0.4, 0.5) is 0 Å². The van der Waals surface area contributed by atoms with Gasteiger partial charge in [0.15, 0.2) is 0 Å². The summed E-state index contributed by atoms with van der Waals surface area (Å²) in [4.78, 5) is 12.4. The first-order chi connectivity index (χ1) is 16.2. The maximum Gasteiger partial charge on any atom is 0.311 e. The summed E-state index contributed by atoms with van der Waals surface area (Å²) < 4.78 is 11.6. The summed E-state index contributed by atoms with van der Waals surface area (Å²) >= 11 is 0. The summed E-state index contributed by atoms with van der Waals surface area (Å²) in [6.07, 6.45) is 9.30. The molecule has 1 aromatic rings. The Bertz CT molecular complexity index is 947. The van der Waals surface area contributed by atoms with E-state index in [9.17, 15) is 9.90 Å². The van der Waals surface area contributed by atoms with Gasteiger partial charge in [-0.25, -0.2) is 0 Å². The van der Waals surface area contributed by atoms with Crippen LogP contribution in [-0.2, 0) is 14.9 Å². The number of phenolic OH excluding ortho intramolecular Hbond substituents is 1. The summed E-state index contributed by atoms with van der Waals surface area (Å²) in [5, 5.41) is 11.4. The fraction of sp³-hybridized carbons (Fsp3) is 0.710. The third-order valence-electron chi connectivity index (χ3n) is 8.71. The number of esters is 1. The lowest BCUT2D eigenvalue weighted by Gasteiger charge is -2.59. The average molecular weight is 485 g/mol. The average Bonchev–Trinajstić information content (AvgIpc) is 2.78. The number of carbonyl (C=O) groups excluding carboxylic acids is 1. The topological polar surface area (TPSA) is 55.8 Å². The van der Waals surface area contributed by atoms with E-state index in [1.54, 1.807) is 7.11 Å². The molecule has 0 heterocycles. The van der Waals surface area contributed by atoms with E-state index in [1.165, 1.54) is 31.3 Å². The quantitative estimate of drug-likeness (QED) is 0.208. The van der Waals surface area contributed by atoms with Crippen molar-refractivity contribution in [1.82, 2.24) is 0 Å². The van der Waals surface area contributed by atoms with Gasteiger partial charge in [-0.3, -0.25) is 4.79 Å². The first-order valence-electron chi connectivity index (χ1n) is 13.5. The first-order valence-corrected chi connectivity index (χ1v) is 13.5. The van der Waals surface area contributed by atoms with Gasteiger partial charge in [0.25, 0.3) is 0 Å². The van der Waals surface area contributed by atoms with Crippen molar-refractivity contribution < 1.29 is 19.4 Å². The Morgan fingerprint density at radius 1 is 1.11 bits per heavy atom. The number of carbonyl (C=O) groups is 1. The highest BCUT2D eigenvalue weighted by Gasteiger charge is 2.56. The Balaban J connectivity index is 1.92. The molecule has 0 amide bonds. The highest BCUT2D eigenvalue weighted by Crippen LogP contribution is 2.65. The van der Waals surface area contributed by atoms with Crippen LogP contribution in [0.25, 0.3) is 0 Å². The van der Waals surface area contributed by atoms with Crippen molar-refractivity contribution in [3.63, 3.8) is 0 Å². The maximum atomic E-state index is 12.4. The highest BCUT2D eigenvalue weighted by molar-refractivity contribution is 5.75. The van der Waals surface area contributed by atoms with Crippen LogP contribution in [0.3, 0.4) is 0 Å². The molecule has 0 saturated heterocycles. The van der Waals surface area contributed by atoms with Crippen molar-refractivity contribution in [3.05, 3.63) is 34.9 Å². The molecule has 1 fully saturated rings. The molecule has 3 atom stereocenters. The second-order valence-corrected chi connectivity index (χ2v) is 13.1. The van der Waals surface area contributed by atoms with E-state index in [0.717, 1.165) is 29.7 Å². The van der Waals surface area contributed by atoms with Gasteiger partial charge in [0.1, 0.15) is 18.1 Å². The predicted molar refractivity (Wildman–Crippen MR) is 143 cm³/mol. The van der Waals surface area contributed by atoms with E-state index in [0.29, 0.717) is 24.2 Å². The molecule has 1 aromatic carbocycles. The number of unbranched alkanes of at least 4 members (excludes halogenated alkanes) is 3. The zero-order valence-corrected chi connectivity index (χ0v) is 23.6. The molecule has 3 aliphatic rings. The molecule has 4 heteroatoms. The Morgan fingerprint density at radius 2 is 1.80 bits per heavy atom. The Hall–Kier alpha value is -1.97. The standard InChI is InChI=1S/C31H48O4/c1-10-11-12-13-14-30(5,6)21-16-25(32)27(26(17-21)34-9)22-15-20(19-35-28(33)29(2,3)4)23-18-24(22)31(23,7)8/h15-17,22-24,32H,10-14,18-19H2,1-9H3/t22-,23?,24?/m0/s1. The summed E-state index contributed by atoms with van der Waals surface area (Å²) in [6, 6.07) is 4.10. The molecule has 0 aliphatic heterocycles. The summed E-state index contributed by atoms with van der Waals surface area (Å²) in [5.74, 6) is 1.76. The number of rotatable bonds is 10. The van der Waals surface area contributed by atoms with Crippen LogP contribution in [-0.4, -0.2) is 24.8 Å². The number of allylic oxidation sites excluding steroid dienone is 1. The lowest BCUT2D eigenvalue weighted by molar-refractivity contribution is -0.152. The van der Waals surface area contributed by atoms with Crippen LogP contribution in [0.5, 0.6) is 11.5 Å². The van der Waals surface area contributed by atoms with Crippen LogP contribution >= 0.6 is 0 Å². The van der Waals surface area contributed by atoms with Crippen LogP contribution < -0.4 is 4.74 Å². The molecule has 1 saturated carbocycles. The normalized spacial score (nSPS) is 23.3. The molecule has 4 nitrogen and oxygen atoms in total. The SMILES string of the molecule is CCCCCCC(C)(C)c1cc(O)c([C@H]2C=C(COC(=O)C(C)(C)C)C3CC2C3(C)C)c(OC)c1. The fourth-order valence-electron chi connectivity index (χ4n) is 6.10. The number of fused-ring (bicyclic) bond motifs is 1. The number of hydrogen-bond donors (Lipinski definition) is 1. The van der Waals surface area contributed by atoms with E-state index < -0.39 is 5.41 Å². The minimum absolute atomic E-state index is 0.0351. The van der Waals surface area contributed by atoms with Crippen molar-refractivity contribution in [2.45, 2.75) is 105 Å². The number of aromatic hydroxyl groups is 1. The van der Waals surface area contributed by atoms with Crippen molar-refractivity contribution in [2.75, 3.05) is 13.7 Å². The first kappa shape index (κ1) is 27.6. The molecule has 0 aromatic heterocycles. The molecule has 2 unspecified atom stereocenters. The Morgan fingerprint density at radius 3 is 2.37 bits per heavy atom. The number of hydrogen-bond acceptors (Lipinski definition) is 4. The lowest BCUT2D eigenvalue weighted by atomic mass is 9.45. The Kier molecular flexibility index (Phi) is 8.04. The second kappa shape index (κ2) is 10.2. The van der Waals surface area contributed by atoms with Crippen LogP contribution in [0.1, 0.15) is 111 Å². The van der Waals surface area contributed by atoms with Gasteiger partial charge in [0.2, 0.25) is 0 Å². The highest BCUT2D eigenvalue weighted by atomic mass is 16.5. The lowest BCUT2D eigenvalue weighted by Crippen LogP contribution is -2.52. The minimum atomic E-state index is -0.521. The van der Waals surface area contributed by atoms with E-state index in [2.05, 4.69) is 46.8 Å². The molecule has 35 heavy (non-hydrogen) atoms. The zero-order valence-electron chi connectivity index (χ0n) is 23.6. The smallest absolute Gasteiger partial charge is 0.311 e. The van der Waals surface area contributed by atoms with Gasteiger partial charge >= 0.3 is 5.97 Å². The van der Waals surface area contributed by atoms with Crippen molar-refractivity contribution in [3.8, 4) is 11.5 Å². The van der Waals surface area contributed by atoms with E-state index in [-0.39, 0.29) is 22.7 Å². The van der Waals surface area contributed by atoms with Gasteiger partial charge in [-0.1, -0.05) is 66.4 Å². The molecular formula is C31H48O4. The van der Waals surface area contributed by atoms with Crippen LogP contribution in [0.15, 0.2) is 23.8 Å². The summed E-state index contributed by atoms with van der Waals surface area (Å²) in [6.45, 7) is 17.3. The fourth-order valence-corrected chi connectivity index (χ4v) is 6.10. The van der Waals surface area contributed by atoms with Gasteiger partial charge in [-0.05, 0) is 79.5 Å². The molecule has 0 spiro atoms. The molecule has 0 radical (unpaired) electrons. The van der Waals surface area contributed by atoms with Gasteiger partial charge in [0.05, 0.1) is 12.5 Å². The number of methoxy groups -OCH3 is 1. The molecule has 4 rings (SSSR count). The molecule has 2 bridgehead atoms. The number of phenols is 1. The number of benzene rings is 1. The van der Waals surface area contributed by atoms with E-state index >= 15 is 0 Å². The molecule has 196 valence electrons. The second-order valence-electron chi connectivity index (χ2n) is 13.1. The third-order valence-corrected chi connectivity index (χ3v) is 8.71. The van der Waals surface area contributed by atoms with E-state index in [1.807, 2.05) is 26.8 Å². The van der Waals surface area contributed by atoms with Gasteiger partial charge in [-0.2, -0.15) is 0 Å². The Labute approximate surface area is 213 Å². The van der Waals surface area contributed by atoms with Gasteiger partial charge in [-0.15, -0.1) is 0 Å². The molecular weight excluding hydrogens is 436 g/mol. The maximum absolute atomic E-state index is 12.4. The summed E-state index contributed by atoms with van der Waals surface area (Å²) in [7, 11) is 1.70. The van der Waals surface area contributed by atoms with Crippen LogP contribution in [0.2, 0.25) is 0 Å². The third kappa shape index (κ3) is 5.57. The van der Waals surface area contributed by atoms with Gasteiger partial charge in [0, 0.05) is 11.5 Å². The molecule has 3 aliphatic carbocycles. The van der Waals surface area contributed by atoms with E-state index in [4.69, 9.17) is 9.47 Å². The summed E-state index contributed by atoms with van der Waals surface area (Å²) in [5.41, 5.74) is 2.68. The largest absolute Gasteiger partial charge is 0.507 e. The monoisotopic (exact) mass is 484 g/mol. The van der Waals surface area contributed by atoms with Crippen molar-refractivity contribution in [2.24, 2.45) is 22.7 Å².